The Balaban J connectivity index is 1.83. The van der Waals surface area contributed by atoms with E-state index >= 15 is 0 Å². The van der Waals surface area contributed by atoms with E-state index < -0.39 is 12.7 Å². The Morgan fingerprint density at radius 1 is 1.19 bits per heavy atom. The molecule has 0 aliphatic carbocycles. The van der Waals surface area contributed by atoms with Crippen LogP contribution >= 0.6 is 27.5 Å². The van der Waals surface area contributed by atoms with Gasteiger partial charge in [-0.25, -0.2) is 4.68 Å². The van der Waals surface area contributed by atoms with E-state index in [2.05, 4.69) is 31.3 Å². The summed E-state index contributed by atoms with van der Waals surface area (Å²) < 4.78 is 33.0. The van der Waals surface area contributed by atoms with E-state index in [1.165, 1.54) is 18.5 Å². The highest BCUT2D eigenvalue weighted by Crippen LogP contribution is 2.38. The van der Waals surface area contributed by atoms with Gasteiger partial charge in [0, 0.05) is 20.8 Å². The van der Waals surface area contributed by atoms with Gasteiger partial charge in [-0.2, -0.15) is 18.9 Å². The van der Waals surface area contributed by atoms with Gasteiger partial charge in [0.05, 0.1) is 0 Å². The lowest BCUT2D eigenvalue weighted by Gasteiger charge is -2.26. The average Bonchev–Trinajstić information content (AvgIpc) is 3.11. The largest absolute Gasteiger partial charge is 0.434 e. The summed E-state index contributed by atoms with van der Waals surface area (Å²) in [5.41, 5.74) is 2.15. The highest BCUT2D eigenvalue weighted by molar-refractivity contribution is 9.10. The molecule has 27 heavy (non-hydrogen) atoms. The van der Waals surface area contributed by atoms with Crippen molar-refractivity contribution in [1.29, 1.82) is 0 Å². The second kappa shape index (κ2) is 7.28. The number of ether oxygens (including phenoxy) is 1. The highest BCUT2D eigenvalue weighted by Gasteiger charge is 2.27. The molecule has 1 unspecified atom stereocenters. The number of allylic oxidation sites excluding steroid dienone is 1. The molecule has 9 heteroatoms. The van der Waals surface area contributed by atoms with E-state index in [0.29, 0.717) is 16.5 Å². The van der Waals surface area contributed by atoms with Crippen molar-refractivity contribution >= 4 is 39.2 Å². The summed E-state index contributed by atoms with van der Waals surface area (Å²) in [6.07, 6.45) is 3.26. The number of fused-ring (bicyclic) bond motifs is 1. The van der Waals surface area contributed by atoms with Crippen molar-refractivity contribution in [3.8, 4) is 5.75 Å². The van der Waals surface area contributed by atoms with Gasteiger partial charge in [0.25, 0.3) is 0 Å². The summed E-state index contributed by atoms with van der Waals surface area (Å²) in [5, 5.41) is 7.82. The maximum Gasteiger partial charge on any atom is 0.387 e. The van der Waals surface area contributed by atoms with Crippen molar-refractivity contribution in [3.05, 3.63) is 75.5 Å². The van der Waals surface area contributed by atoms with Crippen molar-refractivity contribution in [2.24, 2.45) is 0 Å². The molecule has 1 N–H and O–H groups in total. The monoisotopic (exact) mass is 452 g/mol. The summed E-state index contributed by atoms with van der Waals surface area (Å²) in [4.78, 5) is 4.21. The lowest BCUT2D eigenvalue weighted by atomic mass is 10.0. The summed E-state index contributed by atoms with van der Waals surface area (Å²) >= 11 is 9.52. The molecule has 2 aromatic carbocycles. The van der Waals surface area contributed by atoms with Gasteiger partial charge in [-0.1, -0.05) is 39.7 Å². The molecule has 1 aliphatic rings. The number of rotatable bonds is 4. The topological polar surface area (TPSA) is 52.0 Å². The van der Waals surface area contributed by atoms with E-state index in [1.807, 2.05) is 30.3 Å². The Hall–Kier alpha value is -2.45. The van der Waals surface area contributed by atoms with Crippen molar-refractivity contribution in [2.45, 2.75) is 12.7 Å². The standard InChI is InChI=1S/C18H12BrClF2N4O/c19-11-3-1-10(2-4-11)14-8-15(26-18(25-14)23-9-24-26)13-7-12(20)5-6-16(13)27-17(21)22/h1-9,15,17H,(H,23,24,25). The smallest absolute Gasteiger partial charge is 0.387 e. The number of halogens is 4. The fraction of sp³-hybridized carbons (Fsp3) is 0.111. The fourth-order valence-corrected chi connectivity index (χ4v) is 3.35. The number of benzene rings is 2. The molecule has 3 aromatic rings. The van der Waals surface area contributed by atoms with Gasteiger partial charge in [0.15, 0.2) is 0 Å². The van der Waals surface area contributed by atoms with Crippen LogP contribution in [0.4, 0.5) is 14.7 Å². The van der Waals surface area contributed by atoms with Gasteiger partial charge in [-0.05, 0) is 42.0 Å². The summed E-state index contributed by atoms with van der Waals surface area (Å²) in [5.74, 6) is 0.526. The number of hydrogen-bond acceptors (Lipinski definition) is 4. The average molecular weight is 454 g/mol. The SMILES string of the molecule is FC(F)Oc1ccc(Cl)cc1C1C=C(c2ccc(Br)cc2)Nc2ncnn21. The molecule has 0 saturated carbocycles. The predicted molar refractivity (Wildman–Crippen MR) is 102 cm³/mol. The second-order valence-corrected chi connectivity index (χ2v) is 7.10. The third-order valence-electron chi connectivity index (χ3n) is 4.07. The summed E-state index contributed by atoms with van der Waals surface area (Å²) in [6, 6.07) is 11.7. The number of anilines is 1. The van der Waals surface area contributed by atoms with Gasteiger partial charge >= 0.3 is 6.61 Å². The van der Waals surface area contributed by atoms with Crippen LogP contribution in [-0.2, 0) is 0 Å². The third-order valence-corrected chi connectivity index (χ3v) is 4.83. The van der Waals surface area contributed by atoms with Gasteiger partial charge in [0.2, 0.25) is 5.95 Å². The number of hydrogen-bond donors (Lipinski definition) is 1. The Morgan fingerprint density at radius 2 is 1.96 bits per heavy atom. The van der Waals surface area contributed by atoms with Crippen molar-refractivity contribution in [3.63, 3.8) is 0 Å². The summed E-state index contributed by atoms with van der Waals surface area (Å²) in [6.45, 7) is -2.95. The van der Waals surface area contributed by atoms with Crippen LogP contribution in [0.5, 0.6) is 5.75 Å². The highest BCUT2D eigenvalue weighted by atomic mass is 79.9. The molecule has 1 atom stereocenters. The van der Waals surface area contributed by atoms with Crippen LogP contribution in [0.2, 0.25) is 5.02 Å². The molecule has 0 saturated heterocycles. The van der Waals surface area contributed by atoms with Crippen molar-refractivity contribution in [1.82, 2.24) is 14.8 Å². The van der Waals surface area contributed by atoms with Crippen LogP contribution in [-0.4, -0.2) is 21.4 Å². The lowest BCUT2D eigenvalue weighted by Crippen LogP contribution is -2.21. The van der Waals surface area contributed by atoms with Crippen LogP contribution in [0, 0.1) is 0 Å². The molecule has 0 fully saturated rings. The van der Waals surface area contributed by atoms with E-state index in [9.17, 15) is 8.78 Å². The minimum Gasteiger partial charge on any atom is -0.434 e. The molecule has 1 aliphatic heterocycles. The van der Waals surface area contributed by atoms with Crippen LogP contribution in [0.25, 0.3) is 5.70 Å². The molecule has 0 radical (unpaired) electrons. The molecular formula is C18H12BrClF2N4O. The van der Waals surface area contributed by atoms with Crippen molar-refractivity contribution < 1.29 is 13.5 Å². The van der Waals surface area contributed by atoms with Crippen molar-refractivity contribution in [2.75, 3.05) is 5.32 Å². The minimum absolute atomic E-state index is 0.0363. The van der Waals surface area contributed by atoms with Gasteiger partial charge < -0.3 is 10.1 Å². The molecule has 2 heterocycles. The lowest BCUT2D eigenvalue weighted by molar-refractivity contribution is -0.0506. The zero-order chi connectivity index (χ0) is 19.0. The first-order valence-corrected chi connectivity index (χ1v) is 9.07. The van der Waals surface area contributed by atoms with Gasteiger partial charge in [-0.3, -0.25) is 0 Å². The van der Waals surface area contributed by atoms with Crippen LogP contribution in [0.3, 0.4) is 0 Å². The minimum atomic E-state index is -2.95. The van der Waals surface area contributed by atoms with Crippen LogP contribution < -0.4 is 10.1 Å². The quantitative estimate of drug-likeness (QED) is 0.578. The van der Waals surface area contributed by atoms with Crippen LogP contribution in [0.1, 0.15) is 17.2 Å². The number of alkyl halides is 2. The fourth-order valence-electron chi connectivity index (χ4n) is 2.91. The number of nitrogens with one attached hydrogen (secondary N) is 1. The predicted octanol–water partition coefficient (Wildman–Crippen LogP) is 5.35. The zero-order valence-corrected chi connectivity index (χ0v) is 16.0. The maximum absolute atomic E-state index is 12.9. The van der Waals surface area contributed by atoms with Gasteiger partial charge in [0.1, 0.15) is 18.1 Å². The molecule has 0 amide bonds. The third kappa shape index (κ3) is 3.68. The Kier molecular flexibility index (Phi) is 4.84. The van der Waals surface area contributed by atoms with Crippen LogP contribution in [0.15, 0.2) is 59.3 Å². The maximum atomic E-state index is 12.9. The van der Waals surface area contributed by atoms with E-state index in [4.69, 9.17) is 16.3 Å². The number of aromatic nitrogens is 3. The first-order chi connectivity index (χ1) is 13.0. The number of nitrogens with zero attached hydrogens (tertiary/aromatic N) is 3. The molecule has 4 rings (SSSR count). The first kappa shape index (κ1) is 17.9. The van der Waals surface area contributed by atoms with E-state index in [-0.39, 0.29) is 5.75 Å². The van der Waals surface area contributed by atoms with E-state index in [0.717, 1.165) is 15.7 Å². The first-order valence-electron chi connectivity index (χ1n) is 7.90. The zero-order valence-electron chi connectivity index (χ0n) is 13.6. The normalized spacial score (nSPS) is 15.9. The Labute approximate surface area is 166 Å². The summed E-state index contributed by atoms with van der Waals surface area (Å²) in [7, 11) is 0. The van der Waals surface area contributed by atoms with E-state index in [1.54, 1.807) is 10.7 Å². The Bertz CT molecular complexity index is 1010. The molecular weight excluding hydrogens is 442 g/mol. The molecule has 138 valence electrons. The molecule has 0 spiro atoms. The van der Waals surface area contributed by atoms with Gasteiger partial charge in [-0.15, -0.1) is 0 Å². The molecule has 5 nitrogen and oxygen atoms in total. The molecule has 1 aromatic heterocycles. The second-order valence-electron chi connectivity index (χ2n) is 5.75. The Morgan fingerprint density at radius 3 is 2.70 bits per heavy atom. The molecule has 0 bridgehead atoms.